The van der Waals surface area contributed by atoms with Gasteiger partial charge in [0.2, 0.25) is 0 Å². The molecule has 1 saturated carbocycles. The summed E-state index contributed by atoms with van der Waals surface area (Å²) in [6.07, 6.45) is 11.4. The molecule has 3 atom stereocenters. The molecule has 2 aliphatic rings. The van der Waals surface area contributed by atoms with Crippen LogP contribution < -0.4 is 10.6 Å². The number of thioether (sulfide) groups is 1. The average molecular weight is 355 g/mol. The molecule has 2 fully saturated rings. The molecule has 0 bridgehead atoms. The van der Waals surface area contributed by atoms with Gasteiger partial charge in [0, 0.05) is 30.9 Å². The number of nitrogens with zero attached hydrogens (tertiary/aromatic N) is 2. The summed E-state index contributed by atoms with van der Waals surface area (Å²) in [7, 11) is 0. The first kappa shape index (κ1) is 19.9. The van der Waals surface area contributed by atoms with Crippen molar-refractivity contribution in [3.63, 3.8) is 0 Å². The number of hydrogen-bond donors (Lipinski definition) is 2. The minimum Gasteiger partial charge on any atom is -0.357 e. The summed E-state index contributed by atoms with van der Waals surface area (Å²) >= 11 is 2.01. The normalized spacial score (nSPS) is 29.0. The maximum atomic E-state index is 4.79. The topological polar surface area (TPSA) is 39.7 Å². The van der Waals surface area contributed by atoms with Crippen molar-refractivity contribution >= 4 is 17.7 Å². The smallest absolute Gasteiger partial charge is 0.191 e. The van der Waals surface area contributed by atoms with Crippen molar-refractivity contribution in [2.24, 2.45) is 10.9 Å². The van der Waals surface area contributed by atoms with E-state index in [1.165, 1.54) is 64.6 Å². The van der Waals surface area contributed by atoms with Crippen LogP contribution in [0, 0.1) is 5.92 Å². The molecular formula is C19H38N4S. The molecule has 5 heteroatoms. The molecule has 1 saturated heterocycles. The van der Waals surface area contributed by atoms with Crippen LogP contribution in [0.4, 0.5) is 0 Å². The highest BCUT2D eigenvalue weighted by molar-refractivity contribution is 7.99. The van der Waals surface area contributed by atoms with Crippen LogP contribution in [-0.2, 0) is 0 Å². The zero-order chi connectivity index (χ0) is 17.2. The third-order valence-electron chi connectivity index (χ3n) is 5.30. The number of hydrogen-bond acceptors (Lipinski definition) is 3. The van der Waals surface area contributed by atoms with Gasteiger partial charge in [-0.15, -0.1) is 0 Å². The Hall–Kier alpha value is -0.420. The fourth-order valence-electron chi connectivity index (χ4n) is 3.93. The van der Waals surface area contributed by atoms with E-state index in [-0.39, 0.29) is 0 Å². The van der Waals surface area contributed by atoms with Gasteiger partial charge in [0.25, 0.3) is 0 Å². The number of unbranched alkanes of at least 4 members (excludes halogenated alkanes) is 1. The number of likely N-dealkylation sites (tertiary alicyclic amines) is 1. The van der Waals surface area contributed by atoms with E-state index in [0.29, 0.717) is 6.04 Å². The highest BCUT2D eigenvalue weighted by Crippen LogP contribution is 2.28. The molecule has 0 aromatic rings. The van der Waals surface area contributed by atoms with Crippen molar-refractivity contribution in [1.82, 2.24) is 15.5 Å². The van der Waals surface area contributed by atoms with Gasteiger partial charge in [0.1, 0.15) is 0 Å². The first-order valence-electron chi connectivity index (χ1n) is 10.0. The number of guanidine groups is 1. The van der Waals surface area contributed by atoms with Crippen molar-refractivity contribution in [1.29, 1.82) is 0 Å². The lowest BCUT2D eigenvalue weighted by Gasteiger charge is -2.30. The van der Waals surface area contributed by atoms with Crippen LogP contribution in [0.1, 0.15) is 58.8 Å². The van der Waals surface area contributed by atoms with E-state index in [1.807, 2.05) is 11.8 Å². The van der Waals surface area contributed by atoms with Crippen molar-refractivity contribution in [3.05, 3.63) is 0 Å². The largest absolute Gasteiger partial charge is 0.357 e. The quantitative estimate of drug-likeness (QED) is 0.398. The Kier molecular flexibility index (Phi) is 9.32. The zero-order valence-electron chi connectivity index (χ0n) is 16.0. The Balaban J connectivity index is 1.63. The number of nitrogens with one attached hydrogen (secondary N) is 2. The summed E-state index contributed by atoms with van der Waals surface area (Å²) < 4.78 is 0. The summed E-state index contributed by atoms with van der Waals surface area (Å²) in [5.74, 6) is 1.91. The second-order valence-electron chi connectivity index (χ2n) is 7.53. The van der Waals surface area contributed by atoms with Gasteiger partial charge < -0.3 is 15.5 Å². The SMILES string of the molecule is CCNC(=NCCCCN1CCCC(C)C1)NC1CCC(SC)C1. The fourth-order valence-corrected chi connectivity index (χ4v) is 4.72. The van der Waals surface area contributed by atoms with E-state index in [0.717, 1.165) is 30.2 Å². The van der Waals surface area contributed by atoms with Crippen molar-refractivity contribution in [2.75, 3.05) is 39.0 Å². The first-order chi connectivity index (χ1) is 11.7. The predicted molar refractivity (Wildman–Crippen MR) is 108 cm³/mol. The Morgan fingerprint density at radius 1 is 1.25 bits per heavy atom. The molecule has 1 aliphatic heterocycles. The van der Waals surface area contributed by atoms with Gasteiger partial charge in [-0.1, -0.05) is 6.92 Å². The van der Waals surface area contributed by atoms with Gasteiger partial charge in [-0.25, -0.2) is 0 Å². The summed E-state index contributed by atoms with van der Waals surface area (Å²) in [5.41, 5.74) is 0. The third kappa shape index (κ3) is 7.22. The molecule has 2 N–H and O–H groups in total. The van der Waals surface area contributed by atoms with Crippen LogP contribution in [0.3, 0.4) is 0 Å². The van der Waals surface area contributed by atoms with Gasteiger partial charge in [-0.05, 0) is 77.1 Å². The summed E-state index contributed by atoms with van der Waals surface area (Å²) in [4.78, 5) is 7.44. The molecule has 1 aliphatic carbocycles. The molecule has 3 unspecified atom stereocenters. The number of rotatable bonds is 8. The van der Waals surface area contributed by atoms with E-state index in [9.17, 15) is 0 Å². The minimum absolute atomic E-state index is 0.607. The number of aliphatic imine (C=N–C) groups is 1. The molecule has 0 aromatic carbocycles. The van der Waals surface area contributed by atoms with Gasteiger partial charge in [-0.3, -0.25) is 4.99 Å². The number of piperidine rings is 1. The van der Waals surface area contributed by atoms with Crippen LogP contribution in [0.15, 0.2) is 4.99 Å². The third-order valence-corrected chi connectivity index (χ3v) is 6.39. The Morgan fingerprint density at radius 2 is 2.12 bits per heavy atom. The molecule has 140 valence electrons. The van der Waals surface area contributed by atoms with E-state index < -0.39 is 0 Å². The molecule has 0 aromatic heterocycles. The van der Waals surface area contributed by atoms with Crippen molar-refractivity contribution in [2.45, 2.75) is 70.1 Å². The highest BCUT2D eigenvalue weighted by atomic mass is 32.2. The Morgan fingerprint density at radius 3 is 2.83 bits per heavy atom. The minimum atomic E-state index is 0.607. The van der Waals surface area contributed by atoms with Crippen LogP contribution >= 0.6 is 11.8 Å². The average Bonchev–Trinajstić information content (AvgIpc) is 3.02. The molecule has 0 radical (unpaired) electrons. The molecular weight excluding hydrogens is 316 g/mol. The van der Waals surface area contributed by atoms with Crippen LogP contribution in [-0.4, -0.2) is 61.1 Å². The summed E-state index contributed by atoms with van der Waals surface area (Å²) in [5, 5.41) is 7.88. The van der Waals surface area contributed by atoms with Crippen LogP contribution in [0.25, 0.3) is 0 Å². The van der Waals surface area contributed by atoms with Crippen molar-refractivity contribution < 1.29 is 0 Å². The predicted octanol–water partition coefficient (Wildman–Crippen LogP) is 3.34. The van der Waals surface area contributed by atoms with E-state index >= 15 is 0 Å². The first-order valence-corrected chi connectivity index (χ1v) is 11.3. The summed E-state index contributed by atoms with van der Waals surface area (Å²) in [6.45, 7) is 10.3. The van der Waals surface area contributed by atoms with E-state index in [1.54, 1.807) is 0 Å². The van der Waals surface area contributed by atoms with Crippen molar-refractivity contribution in [3.8, 4) is 0 Å². The summed E-state index contributed by atoms with van der Waals surface area (Å²) in [6, 6.07) is 0.607. The maximum Gasteiger partial charge on any atom is 0.191 e. The molecule has 0 amide bonds. The van der Waals surface area contributed by atoms with Gasteiger partial charge in [0.05, 0.1) is 0 Å². The lowest BCUT2D eigenvalue weighted by Crippen LogP contribution is -2.42. The molecule has 4 nitrogen and oxygen atoms in total. The molecule has 2 rings (SSSR count). The lowest BCUT2D eigenvalue weighted by atomic mass is 10.0. The fraction of sp³-hybridized carbons (Fsp3) is 0.947. The maximum absolute atomic E-state index is 4.79. The zero-order valence-corrected chi connectivity index (χ0v) is 16.8. The van der Waals surface area contributed by atoms with Gasteiger partial charge in [0.15, 0.2) is 5.96 Å². The van der Waals surface area contributed by atoms with Gasteiger partial charge in [-0.2, -0.15) is 11.8 Å². The van der Waals surface area contributed by atoms with Crippen LogP contribution in [0.5, 0.6) is 0 Å². The van der Waals surface area contributed by atoms with Crippen LogP contribution in [0.2, 0.25) is 0 Å². The van der Waals surface area contributed by atoms with E-state index in [2.05, 4.69) is 35.6 Å². The van der Waals surface area contributed by atoms with E-state index in [4.69, 9.17) is 4.99 Å². The molecule has 0 spiro atoms. The van der Waals surface area contributed by atoms with Gasteiger partial charge >= 0.3 is 0 Å². The second-order valence-corrected chi connectivity index (χ2v) is 8.67. The Labute approximate surface area is 153 Å². The molecule has 1 heterocycles. The second kappa shape index (κ2) is 11.2. The highest BCUT2D eigenvalue weighted by Gasteiger charge is 2.24. The lowest BCUT2D eigenvalue weighted by molar-refractivity contribution is 0.181. The standard InChI is InChI=1S/C19H38N4S/c1-4-20-19(22-17-9-10-18(14-17)24-3)21-11-5-6-12-23-13-7-8-16(2)15-23/h16-18H,4-15H2,1-3H3,(H2,20,21,22). The Bertz CT molecular complexity index is 374. The monoisotopic (exact) mass is 354 g/mol. The molecule has 24 heavy (non-hydrogen) atoms.